The van der Waals surface area contributed by atoms with Crippen molar-refractivity contribution in [3.8, 4) is 0 Å². The van der Waals surface area contributed by atoms with Crippen molar-refractivity contribution in [1.29, 1.82) is 0 Å². The van der Waals surface area contributed by atoms with Crippen LogP contribution in [0.15, 0.2) is 30.3 Å². The van der Waals surface area contributed by atoms with Crippen LogP contribution in [0.4, 0.5) is 0 Å². The highest BCUT2D eigenvalue weighted by atomic mass is 35.5. The van der Waals surface area contributed by atoms with Gasteiger partial charge in [0.2, 0.25) is 0 Å². The second-order valence-electron chi connectivity index (χ2n) is 3.31. The predicted octanol–water partition coefficient (Wildman–Crippen LogP) is 2.91. The summed E-state index contributed by atoms with van der Waals surface area (Å²) in [5.74, 6) is -3.74. The molecule has 17 heavy (non-hydrogen) atoms. The smallest absolute Gasteiger partial charge is 0.317 e. The van der Waals surface area contributed by atoms with Crippen LogP contribution >= 0.6 is 11.6 Å². The number of carboxylic acids is 2. The van der Waals surface area contributed by atoms with E-state index < -0.39 is 17.9 Å². The summed E-state index contributed by atoms with van der Waals surface area (Å²) in [5, 5.41) is 17.4. The van der Waals surface area contributed by atoms with Gasteiger partial charge in [-0.2, -0.15) is 0 Å². The molecule has 94 valence electrons. The molecule has 1 rings (SSSR count). The number of aliphatic carboxylic acids is 2. The molecule has 0 aliphatic carbocycles. The SMILES string of the molecule is CCCC(C(=O)O)C(=O)O.Clc1ccccc1. The van der Waals surface area contributed by atoms with Gasteiger partial charge in [0, 0.05) is 5.02 Å². The molecule has 0 unspecified atom stereocenters. The Morgan fingerprint density at radius 3 is 1.82 bits per heavy atom. The Kier molecular flexibility index (Phi) is 7.80. The van der Waals surface area contributed by atoms with Crippen molar-refractivity contribution in [1.82, 2.24) is 0 Å². The van der Waals surface area contributed by atoms with Gasteiger partial charge in [-0.15, -0.1) is 0 Å². The summed E-state index contributed by atoms with van der Waals surface area (Å²) in [6, 6.07) is 9.44. The van der Waals surface area contributed by atoms with E-state index in [1.165, 1.54) is 0 Å². The normalized spacial score (nSPS) is 9.35. The van der Waals surface area contributed by atoms with Crippen LogP contribution in [-0.2, 0) is 9.59 Å². The highest BCUT2D eigenvalue weighted by Crippen LogP contribution is 2.05. The minimum atomic E-state index is -1.26. The van der Waals surface area contributed by atoms with Gasteiger partial charge in [-0.1, -0.05) is 43.1 Å². The average molecular weight is 259 g/mol. The topological polar surface area (TPSA) is 74.6 Å². The van der Waals surface area contributed by atoms with E-state index in [1.54, 1.807) is 6.92 Å². The lowest BCUT2D eigenvalue weighted by Crippen LogP contribution is -2.22. The van der Waals surface area contributed by atoms with Crippen molar-refractivity contribution in [2.45, 2.75) is 19.8 Å². The molecule has 0 heterocycles. The van der Waals surface area contributed by atoms with Crippen molar-refractivity contribution < 1.29 is 19.8 Å². The zero-order valence-corrected chi connectivity index (χ0v) is 10.2. The minimum absolute atomic E-state index is 0.199. The fraction of sp³-hybridized carbons (Fsp3) is 0.333. The zero-order valence-electron chi connectivity index (χ0n) is 9.47. The molecule has 5 heteroatoms. The summed E-state index contributed by atoms with van der Waals surface area (Å²) in [6.07, 6.45) is 0.772. The highest BCUT2D eigenvalue weighted by Gasteiger charge is 2.23. The predicted molar refractivity (Wildman–Crippen MR) is 65.1 cm³/mol. The molecule has 0 aromatic heterocycles. The molecular weight excluding hydrogens is 244 g/mol. The van der Waals surface area contributed by atoms with Crippen LogP contribution in [0.5, 0.6) is 0 Å². The number of carbonyl (C=O) groups is 2. The Bertz CT molecular complexity index is 337. The Hall–Kier alpha value is -1.55. The van der Waals surface area contributed by atoms with Gasteiger partial charge in [-0.3, -0.25) is 9.59 Å². The van der Waals surface area contributed by atoms with E-state index in [9.17, 15) is 9.59 Å². The molecule has 0 aliphatic rings. The van der Waals surface area contributed by atoms with Crippen LogP contribution in [0.1, 0.15) is 19.8 Å². The second kappa shape index (κ2) is 8.58. The van der Waals surface area contributed by atoms with E-state index in [4.69, 9.17) is 21.8 Å². The summed E-state index contributed by atoms with van der Waals surface area (Å²) in [6.45, 7) is 1.75. The van der Waals surface area contributed by atoms with Crippen LogP contribution in [0, 0.1) is 5.92 Å². The van der Waals surface area contributed by atoms with Crippen LogP contribution < -0.4 is 0 Å². The monoisotopic (exact) mass is 258 g/mol. The first kappa shape index (κ1) is 15.4. The average Bonchev–Trinajstić information content (AvgIpc) is 2.27. The van der Waals surface area contributed by atoms with Crippen LogP contribution in [0.2, 0.25) is 5.02 Å². The van der Waals surface area contributed by atoms with Gasteiger partial charge in [-0.05, 0) is 18.6 Å². The van der Waals surface area contributed by atoms with Gasteiger partial charge in [0.15, 0.2) is 5.92 Å². The summed E-state index contributed by atoms with van der Waals surface area (Å²) in [7, 11) is 0. The van der Waals surface area contributed by atoms with Crippen molar-refractivity contribution in [2.24, 2.45) is 5.92 Å². The quantitative estimate of drug-likeness (QED) is 0.815. The molecule has 0 saturated carbocycles. The first-order valence-corrected chi connectivity index (χ1v) is 5.53. The molecule has 4 nitrogen and oxygen atoms in total. The van der Waals surface area contributed by atoms with Crippen molar-refractivity contribution >= 4 is 23.5 Å². The fourth-order valence-electron chi connectivity index (χ4n) is 1.06. The molecule has 2 N–H and O–H groups in total. The van der Waals surface area contributed by atoms with E-state index in [0.29, 0.717) is 6.42 Å². The van der Waals surface area contributed by atoms with Gasteiger partial charge in [-0.25, -0.2) is 0 Å². The maximum absolute atomic E-state index is 10.2. The third kappa shape index (κ3) is 7.36. The Labute approximate surface area is 105 Å². The molecule has 1 aromatic rings. The second-order valence-corrected chi connectivity index (χ2v) is 3.75. The first-order valence-electron chi connectivity index (χ1n) is 5.15. The molecule has 0 spiro atoms. The van der Waals surface area contributed by atoms with Crippen LogP contribution in [0.3, 0.4) is 0 Å². The zero-order chi connectivity index (χ0) is 13.3. The van der Waals surface area contributed by atoms with Crippen molar-refractivity contribution in [3.63, 3.8) is 0 Å². The number of halogens is 1. The largest absolute Gasteiger partial charge is 0.481 e. The summed E-state index contributed by atoms with van der Waals surface area (Å²) >= 11 is 5.54. The lowest BCUT2D eigenvalue weighted by Gasteiger charge is -2.02. The molecule has 0 amide bonds. The summed E-state index contributed by atoms with van der Waals surface area (Å²) < 4.78 is 0. The van der Waals surface area contributed by atoms with Gasteiger partial charge >= 0.3 is 11.9 Å². The van der Waals surface area contributed by atoms with E-state index >= 15 is 0 Å². The molecule has 0 bridgehead atoms. The number of benzene rings is 1. The molecular formula is C12H15ClO4. The van der Waals surface area contributed by atoms with Gasteiger partial charge in [0.25, 0.3) is 0 Å². The van der Waals surface area contributed by atoms with E-state index in [2.05, 4.69) is 0 Å². The number of carboxylic acid groups (broad SMARTS) is 2. The number of rotatable bonds is 4. The van der Waals surface area contributed by atoms with Gasteiger partial charge in [0.1, 0.15) is 0 Å². The first-order chi connectivity index (χ1) is 7.99. The summed E-state index contributed by atoms with van der Waals surface area (Å²) in [5.41, 5.74) is 0. The number of hydrogen-bond acceptors (Lipinski definition) is 2. The Morgan fingerprint density at radius 1 is 1.18 bits per heavy atom. The Morgan fingerprint density at radius 2 is 1.65 bits per heavy atom. The highest BCUT2D eigenvalue weighted by molar-refractivity contribution is 6.30. The van der Waals surface area contributed by atoms with Crippen molar-refractivity contribution in [3.05, 3.63) is 35.4 Å². The maximum Gasteiger partial charge on any atom is 0.317 e. The van der Waals surface area contributed by atoms with Crippen LogP contribution in [0.25, 0.3) is 0 Å². The third-order valence-corrected chi connectivity index (χ3v) is 2.16. The molecule has 0 atom stereocenters. The number of hydrogen-bond donors (Lipinski definition) is 2. The van der Waals surface area contributed by atoms with Gasteiger partial charge < -0.3 is 10.2 Å². The van der Waals surface area contributed by atoms with E-state index in [-0.39, 0.29) is 6.42 Å². The minimum Gasteiger partial charge on any atom is -0.481 e. The molecule has 0 radical (unpaired) electrons. The van der Waals surface area contributed by atoms with Crippen molar-refractivity contribution in [2.75, 3.05) is 0 Å². The molecule has 0 saturated heterocycles. The van der Waals surface area contributed by atoms with Gasteiger partial charge in [0.05, 0.1) is 0 Å². The molecule has 0 aliphatic heterocycles. The standard InChI is InChI=1S/C6H5Cl.C6H10O4/c7-6-4-2-1-3-5-6;1-2-3-4(5(7)8)6(9)10/h1-5H;4H,2-3H2,1H3,(H,7,8)(H,9,10). The summed E-state index contributed by atoms with van der Waals surface area (Å²) in [4.78, 5) is 20.3. The fourth-order valence-corrected chi connectivity index (χ4v) is 1.20. The third-order valence-electron chi connectivity index (χ3n) is 1.91. The lowest BCUT2D eigenvalue weighted by atomic mass is 10.1. The van der Waals surface area contributed by atoms with E-state index in [0.717, 1.165) is 5.02 Å². The molecule has 0 fully saturated rings. The molecule has 1 aromatic carbocycles. The maximum atomic E-state index is 10.2. The Balaban J connectivity index is 0.000000318. The lowest BCUT2D eigenvalue weighted by molar-refractivity contribution is -0.154. The van der Waals surface area contributed by atoms with E-state index in [1.807, 2.05) is 30.3 Å². The van der Waals surface area contributed by atoms with Crippen LogP contribution in [-0.4, -0.2) is 22.2 Å².